The highest BCUT2D eigenvalue weighted by atomic mass is 35.5. The van der Waals surface area contributed by atoms with Gasteiger partial charge in [0, 0.05) is 18.0 Å². The number of rotatable bonds is 9. The fourth-order valence-corrected chi connectivity index (χ4v) is 7.29. The average Bonchev–Trinajstić information content (AvgIpc) is 3.48. The molecule has 2 heterocycles. The number of halogens is 2. The van der Waals surface area contributed by atoms with Crippen molar-refractivity contribution in [3.05, 3.63) is 81.1 Å². The number of nitrogens with zero attached hydrogens (tertiary/aromatic N) is 1. The monoisotopic (exact) mass is 523 g/mol. The summed E-state index contributed by atoms with van der Waals surface area (Å²) in [6, 6.07) is 17.5. The third-order valence-electron chi connectivity index (χ3n) is 5.56. The summed E-state index contributed by atoms with van der Waals surface area (Å²) in [5, 5.41) is 0.679. The maximum Gasteiger partial charge on any atom is 0.253 e. The van der Waals surface area contributed by atoms with E-state index in [0.29, 0.717) is 41.8 Å². The Labute approximate surface area is 208 Å². The Bertz CT molecular complexity index is 1230. The van der Waals surface area contributed by atoms with E-state index in [2.05, 4.69) is 0 Å². The van der Waals surface area contributed by atoms with Crippen molar-refractivity contribution in [2.45, 2.75) is 42.5 Å². The number of aryl methyl sites for hydroxylation is 1. The maximum absolute atomic E-state index is 13.0. The minimum Gasteiger partial charge on any atom is -0.489 e. The predicted octanol–water partition coefficient (Wildman–Crippen LogP) is 5.99. The molecule has 0 unspecified atom stereocenters. The highest BCUT2D eigenvalue weighted by Crippen LogP contribution is 2.33. The summed E-state index contributed by atoms with van der Waals surface area (Å²) in [4.78, 5) is 13.0. The van der Waals surface area contributed by atoms with Crippen LogP contribution in [0.3, 0.4) is 0 Å². The van der Waals surface area contributed by atoms with Gasteiger partial charge in [-0.15, -0.1) is 11.3 Å². The zero-order valence-corrected chi connectivity index (χ0v) is 20.9. The van der Waals surface area contributed by atoms with Gasteiger partial charge < -0.3 is 4.74 Å². The predicted molar refractivity (Wildman–Crippen MR) is 132 cm³/mol. The Morgan fingerprint density at radius 2 is 1.85 bits per heavy atom. The molecule has 5 nitrogen and oxygen atoms in total. The van der Waals surface area contributed by atoms with Gasteiger partial charge in [0.1, 0.15) is 16.6 Å². The van der Waals surface area contributed by atoms with Crippen LogP contribution in [0.15, 0.2) is 64.9 Å². The molecule has 1 saturated heterocycles. The van der Waals surface area contributed by atoms with E-state index in [0.717, 1.165) is 28.2 Å². The van der Waals surface area contributed by atoms with Crippen molar-refractivity contribution in [2.24, 2.45) is 0 Å². The van der Waals surface area contributed by atoms with Gasteiger partial charge in [0.05, 0.1) is 10.4 Å². The molecular formula is C24H23Cl2NO4S2. The average molecular weight is 524 g/mol. The molecule has 3 aromatic rings. The van der Waals surface area contributed by atoms with E-state index >= 15 is 0 Å². The normalized spacial score (nSPS) is 16.7. The lowest BCUT2D eigenvalue weighted by Gasteiger charge is -2.22. The van der Waals surface area contributed by atoms with E-state index in [-0.39, 0.29) is 16.4 Å². The summed E-state index contributed by atoms with van der Waals surface area (Å²) in [6.07, 6.45) is 2.00. The molecule has 1 fully saturated rings. The molecule has 0 bridgehead atoms. The van der Waals surface area contributed by atoms with Gasteiger partial charge in [-0.25, -0.2) is 8.42 Å². The minimum atomic E-state index is -3.72. The van der Waals surface area contributed by atoms with Crippen LogP contribution >= 0.6 is 34.5 Å². The molecule has 9 heteroatoms. The quantitative estimate of drug-likeness (QED) is 0.345. The second-order valence-corrected chi connectivity index (χ2v) is 12.1. The molecule has 174 valence electrons. The van der Waals surface area contributed by atoms with E-state index in [1.54, 1.807) is 6.07 Å². The summed E-state index contributed by atoms with van der Waals surface area (Å²) < 4.78 is 33.8. The highest BCUT2D eigenvalue weighted by Gasteiger charge is 2.39. The summed E-state index contributed by atoms with van der Waals surface area (Å²) in [7, 11) is -3.72. The van der Waals surface area contributed by atoms with Gasteiger partial charge in [-0.3, -0.25) is 4.79 Å². The lowest BCUT2D eigenvalue weighted by atomic mass is 10.0. The van der Waals surface area contributed by atoms with E-state index in [1.165, 1.54) is 10.4 Å². The highest BCUT2D eigenvalue weighted by molar-refractivity contribution is 7.91. The molecule has 1 aromatic heterocycles. The first kappa shape index (κ1) is 24.2. The number of ether oxygens (including phenoxy) is 1. The van der Waals surface area contributed by atoms with Gasteiger partial charge in [-0.05, 0) is 66.8 Å². The smallest absolute Gasteiger partial charge is 0.253 e. The number of sulfonamides is 1. The standard InChI is InChI=1S/C24H23Cl2NO4S2/c25-19-9-6-18(7-10-19)16-31-20-4-1-3-17(15-20)8-11-22(28)21-5-2-14-27(21)33(29,30)24-13-12-23(26)32-24/h1,3-4,6-7,9-10,12-13,15,21H,2,5,8,11,14,16H2/t21-/m0/s1. The van der Waals surface area contributed by atoms with Crippen molar-refractivity contribution < 1.29 is 17.9 Å². The summed E-state index contributed by atoms with van der Waals surface area (Å²) in [5.74, 6) is 0.653. The number of carbonyl (C=O) groups excluding carboxylic acids is 1. The summed E-state index contributed by atoms with van der Waals surface area (Å²) in [6.45, 7) is 0.767. The third kappa shape index (κ3) is 5.97. The van der Waals surface area contributed by atoms with Gasteiger partial charge in [0.2, 0.25) is 0 Å². The molecule has 4 rings (SSSR count). The molecule has 1 atom stereocenters. The Balaban J connectivity index is 1.36. The second-order valence-electron chi connectivity index (χ2n) is 7.86. The van der Waals surface area contributed by atoms with Crippen LogP contribution in [0.5, 0.6) is 5.75 Å². The third-order valence-corrected chi connectivity index (χ3v) is 9.42. The zero-order chi connectivity index (χ0) is 23.4. The van der Waals surface area contributed by atoms with Crippen LogP contribution in [0, 0.1) is 0 Å². The van der Waals surface area contributed by atoms with Crippen LogP contribution in [0.2, 0.25) is 9.36 Å². The zero-order valence-electron chi connectivity index (χ0n) is 17.7. The van der Waals surface area contributed by atoms with Crippen LogP contribution in [-0.2, 0) is 27.8 Å². The van der Waals surface area contributed by atoms with Crippen molar-refractivity contribution in [1.29, 1.82) is 0 Å². The van der Waals surface area contributed by atoms with Gasteiger partial charge in [-0.2, -0.15) is 4.31 Å². The molecule has 0 aliphatic carbocycles. The second kappa shape index (κ2) is 10.6. The summed E-state index contributed by atoms with van der Waals surface area (Å²) in [5.41, 5.74) is 1.98. The number of thiophene rings is 1. The van der Waals surface area contributed by atoms with Crippen LogP contribution in [0.25, 0.3) is 0 Å². The topological polar surface area (TPSA) is 63.7 Å². The van der Waals surface area contributed by atoms with Crippen molar-refractivity contribution in [1.82, 2.24) is 4.31 Å². The molecule has 0 spiro atoms. The first-order chi connectivity index (χ1) is 15.8. The molecule has 0 N–H and O–H groups in total. The van der Waals surface area contributed by atoms with Crippen LogP contribution in [0.4, 0.5) is 0 Å². The molecule has 0 saturated carbocycles. The van der Waals surface area contributed by atoms with E-state index in [9.17, 15) is 13.2 Å². The molecule has 1 aliphatic heterocycles. The molecule has 0 radical (unpaired) electrons. The molecule has 33 heavy (non-hydrogen) atoms. The number of hydrogen-bond donors (Lipinski definition) is 0. The Morgan fingerprint density at radius 3 is 2.58 bits per heavy atom. The maximum atomic E-state index is 13.0. The Morgan fingerprint density at radius 1 is 1.06 bits per heavy atom. The first-order valence-corrected chi connectivity index (χ1v) is 13.6. The van der Waals surface area contributed by atoms with Crippen LogP contribution in [0.1, 0.15) is 30.4 Å². The van der Waals surface area contributed by atoms with Crippen molar-refractivity contribution >= 4 is 50.3 Å². The van der Waals surface area contributed by atoms with Gasteiger partial charge in [0.25, 0.3) is 10.0 Å². The SMILES string of the molecule is O=C(CCc1cccc(OCc2ccc(Cl)cc2)c1)[C@@H]1CCCN1S(=O)(=O)c1ccc(Cl)s1. The minimum absolute atomic E-state index is 0.0637. The largest absolute Gasteiger partial charge is 0.489 e. The lowest BCUT2D eigenvalue weighted by Crippen LogP contribution is -2.40. The first-order valence-electron chi connectivity index (χ1n) is 10.6. The Hall–Kier alpha value is -1.90. The molecule has 0 amide bonds. The fraction of sp³-hybridized carbons (Fsp3) is 0.292. The van der Waals surface area contributed by atoms with Crippen molar-refractivity contribution in [2.75, 3.05) is 6.54 Å². The van der Waals surface area contributed by atoms with Gasteiger partial charge >= 0.3 is 0 Å². The number of carbonyl (C=O) groups is 1. The lowest BCUT2D eigenvalue weighted by molar-refractivity contribution is -0.122. The van der Waals surface area contributed by atoms with Crippen LogP contribution < -0.4 is 4.74 Å². The number of hydrogen-bond acceptors (Lipinski definition) is 5. The van der Waals surface area contributed by atoms with Crippen molar-refractivity contribution in [3.63, 3.8) is 0 Å². The van der Waals surface area contributed by atoms with E-state index in [1.807, 2.05) is 48.5 Å². The fourth-order valence-electron chi connectivity index (χ4n) is 3.87. The van der Waals surface area contributed by atoms with E-state index in [4.69, 9.17) is 27.9 Å². The Kier molecular flexibility index (Phi) is 7.76. The number of Topliss-reactive ketones (excluding diaryl/α,β-unsaturated/α-hetero) is 1. The van der Waals surface area contributed by atoms with Gasteiger partial charge in [-0.1, -0.05) is 47.5 Å². The molecule has 1 aliphatic rings. The van der Waals surface area contributed by atoms with Gasteiger partial charge in [0.15, 0.2) is 5.78 Å². The van der Waals surface area contributed by atoms with Crippen molar-refractivity contribution in [3.8, 4) is 5.75 Å². The molecular weight excluding hydrogens is 501 g/mol. The van der Waals surface area contributed by atoms with E-state index < -0.39 is 16.1 Å². The molecule has 2 aromatic carbocycles. The summed E-state index contributed by atoms with van der Waals surface area (Å²) >= 11 is 12.8. The number of ketones is 1. The number of benzene rings is 2. The van der Waals surface area contributed by atoms with Crippen LogP contribution in [-0.4, -0.2) is 31.1 Å².